The number of hydrogen-bond donors (Lipinski definition) is 1. The van der Waals surface area contributed by atoms with Gasteiger partial charge in [-0.3, -0.25) is 19.7 Å². The zero-order valence-electron chi connectivity index (χ0n) is 14.3. The molecule has 0 aliphatic rings. The molecule has 0 saturated heterocycles. The van der Waals surface area contributed by atoms with Crippen LogP contribution in [0.15, 0.2) is 48.5 Å². The smallest absolute Gasteiger partial charge is 0.270 e. The van der Waals surface area contributed by atoms with E-state index >= 15 is 0 Å². The van der Waals surface area contributed by atoms with Crippen molar-refractivity contribution in [3.63, 3.8) is 0 Å². The van der Waals surface area contributed by atoms with Gasteiger partial charge >= 0.3 is 0 Å². The Bertz CT molecular complexity index is 821. The van der Waals surface area contributed by atoms with Crippen molar-refractivity contribution < 1.29 is 18.9 Å². The maximum atomic E-state index is 12.9. The predicted octanol–water partition coefficient (Wildman–Crippen LogP) is 3.22. The lowest BCUT2D eigenvalue weighted by molar-refractivity contribution is -0.384. The fraction of sp³-hybridized carbons (Fsp3) is 0.222. The number of nitro benzene ring substituents is 1. The molecule has 0 aromatic heterocycles. The summed E-state index contributed by atoms with van der Waals surface area (Å²) in [6.07, 6.45) is 0. The van der Waals surface area contributed by atoms with Crippen molar-refractivity contribution in [3.05, 3.63) is 70.0 Å². The van der Waals surface area contributed by atoms with E-state index in [1.807, 2.05) is 0 Å². The molecule has 0 saturated carbocycles. The van der Waals surface area contributed by atoms with Crippen LogP contribution in [0.3, 0.4) is 0 Å². The number of hydrogen-bond acceptors (Lipinski definition) is 4. The molecule has 1 N–H and O–H groups in total. The SMILES string of the molecule is CC(C)N(CC(=O)Nc1ccc(F)cc1)C(=O)c1cccc([N+](=O)[O-])c1. The Hall–Kier alpha value is -3.29. The number of nitro groups is 1. The molecule has 0 fully saturated rings. The van der Waals surface area contributed by atoms with Crippen LogP contribution < -0.4 is 5.32 Å². The van der Waals surface area contributed by atoms with Gasteiger partial charge in [0.15, 0.2) is 0 Å². The molecule has 7 nitrogen and oxygen atoms in total. The molecule has 2 rings (SSSR count). The van der Waals surface area contributed by atoms with Crippen molar-refractivity contribution in [2.75, 3.05) is 11.9 Å². The Balaban J connectivity index is 2.13. The normalized spacial score (nSPS) is 10.5. The molecule has 26 heavy (non-hydrogen) atoms. The van der Waals surface area contributed by atoms with Gasteiger partial charge in [0.25, 0.3) is 11.6 Å². The molecule has 0 bridgehead atoms. The van der Waals surface area contributed by atoms with Crippen molar-refractivity contribution in [2.24, 2.45) is 0 Å². The number of carbonyl (C=O) groups is 2. The van der Waals surface area contributed by atoms with Crippen LogP contribution in [0, 0.1) is 15.9 Å². The van der Waals surface area contributed by atoms with Crippen molar-refractivity contribution in [1.82, 2.24) is 4.90 Å². The molecule has 2 amide bonds. The highest BCUT2D eigenvalue weighted by Crippen LogP contribution is 2.16. The number of amides is 2. The lowest BCUT2D eigenvalue weighted by Gasteiger charge is -2.26. The van der Waals surface area contributed by atoms with Crippen molar-refractivity contribution >= 4 is 23.2 Å². The van der Waals surface area contributed by atoms with Crippen LogP contribution in [0.25, 0.3) is 0 Å². The maximum absolute atomic E-state index is 12.9. The van der Waals surface area contributed by atoms with E-state index in [0.717, 1.165) is 0 Å². The van der Waals surface area contributed by atoms with Crippen molar-refractivity contribution in [1.29, 1.82) is 0 Å². The predicted molar refractivity (Wildman–Crippen MR) is 94.3 cm³/mol. The zero-order chi connectivity index (χ0) is 19.3. The summed E-state index contributed by atoms with van der Waals surface area (Å²) in [5.74, 6) is -1.37. The average molecular weight is 359 g/mol. The number of nitrogens with one attached hydrogen (secondary N) is 1. The summed E-state index contributed by atoms with van der Waals surface area (Å²) in [6, 6.07) is 10.3. The quantitative estimate of drug-likeness (QED) is 0.633. The first-order valence-electron chi connectivity index (χ1n) is 7.89. The first-order chi connectivity index (χ1) is 12.3. The Labute approximate surface area is 149 Å². The van der Waals surface area contributed by atoms with Crippen molar-refractivity contribution in [2.45, 2.75) is 19.9 Å². The van der Waals surface area contributed by atoms with Gasteiger partial charge in [-0.15, -0.1) is 0 Å². The molecule has 0 spiro atoms. The minimum absolute atomic E-state index is 0.127. The van der Waals surface area contributed by atoms with Crippen LogP contribution in [-0.4, -0.2) is 34.2 Å². The Kier molecular flexibility index (Phi) is 6.00. The molecule has 0 aliphatic heterocycles. The number of anilines is 1. The van der Waals surface area contributed by atoms with Gasteiger partial charge in [-0.25, -0.2) is 4.39 Å². The molecule has 136 valence electrons. The van der Waals surface area contributed by atoms with E-state index < -0.39 is 22.6 Å². The number of benzene rings is 2. The lowest BCUT2D eigenvalue weighted by Crippen LogP contribution is -2.42. The summed E-state index contributed by atoms with van der Waals surface area (Å²) < 4.78 is 12.9. The van der Waals surface area contributed by atoms with E-state index in [0.29, 0.717) is 5.69 Å². The summed E-state index contributed by atoms with van der Waals surface area (Å²) in [4.78, 5) is 36.5. The molecule has 0 heterocycles. The van der Waals surface area contributed by atoms with Gasteiger partial charge in [-0.2, -0.15) is 0 Å². The molecule has 2 aromatic rings. The summed E-state index contributed by atoms with van der Waals surface area (Å²) in [5, 5.41) is 13.5. The number of halogens is 1. The van der Waals surface area contributed by atoms with Crippen LogP contribution in [0.1, 0.15) is 24.2 Å². The van der Waals surface area contributed by atoms with Crippen LogP contribution in [-0.2, 0) is 4.79 Å². The molecule has 2 aromatic carbocycles. The molecule has 0 radical (unpaired) electrons. The number of carbonyl (C=O) groups excluding carboxylic acids is 2. The summed E-state index contributed by atoms with van der Waals surface area (Å²) >= 11 is 0. The van der Waals surface area contributed by atoms with Crippen LogP contribution in [0.2, 0.25) is 0 Å². The van der Waals surface area contributed by atoms with Crippen LogP contribution in [0.4, 0.5) is 15.8 Å². The van der Waals surface area contributed by atoms with Crippen molar-refractivity contribution in [3.8, 4) is 0 Å². The second-order valence-electron chi connectivity index (χ2n) is 5.89. The highest BCUT2D eigenvalue weighted by Gasteiger charge is 2.23. The average Bonchev–Trinajstić information content (AvgIpc) is 2.61. The van der Waals surface area contributed by atoms with E-state index in [1.165, 1.54) is 53.4 Å². The standard InChI is InChI=1S/C18H18FN3O4/c1-12(2)21(11-17(23)20-15-8-6-14(19)7-9-15)18(24)13-4-3-5-16(10-13)22(25)26/h3-10,12H,11H2,1-2H3,(H,20,23). The number of nitrogens with zero attached hydrogens (tertiary/aromatic N) is 2. The van der Waals surface area contributed by atoms with Gasteiger partial charge in [0.1, 0.15) is 12.4 Å². The van der Waals surface area contributed by atoms with Crippen LogP contribution >= 0.6 is 0 Å². The Morgan fingerprint density at radius 1 is 1.19 bits per heavy atom. The molecule has 0 atom stereocenters. The van der Waals surface area contributed by atoms with Gasteiger partial charge in [-0.1, -0.05) is 6.07 Å². The van der Waals surface area contributed by atoms with Gasteiger partial charge in [0.2, 0.25) is 5.91 Å². The Morgan fingerprint density at radius 3 is 2.42 bits per heavy atom. The first kappa shape index (κ1) is 19.0. The lowest BCUT2D eigenvalue weighted by atomic mass is 10.1. The second kappa shape index (κ2) is 8.19. The van der Waals surface area contributed by atoms with E-state index in [2.05, 4.69) is 5.32 Å². The summed E-state index contributed by atoms with van der Waals surface area (Å²) in [7, 11) is 0. The van der Waals surface area contributed by atoms with E-state index in [-0.39, 0.29) is 23.8 Å². The highest BCUT2D eigenvalue weighted by molar-refractivity contribution is 5.99. The number of non-ortho nitro benzene ring substituents is 1. The van der Waals surface area contributed by atoms with E-state index in [9.17, 15) is 24.1 Å². The molecule has 0 unspecified atom stereocenters. The van der Waals surface area contributed by atoms with Gasteiger partial charge in [0, 0.05) is 29.4 Å². The molecular formula is C18H18FN3O4. The van der Waals surface area contributed by atoms with Gasteiger partial charge in [-0.05, 0) is 44.2 Å². The second-order valence-corrected chi connectivity index (χ2v) is 5.89. The zero-order valence-corrected chi connectivity index (χ0v) is 14.3. The minimum atomic E-state index is -0.586. The largest absolute Gasteiger partial charge is 0.327 e. The first-order valence-corrected chi connectivity index (χ1v) is 7.89. The minimum Gasteiger partial charge on any atom is -0.327 e. The van der Waals surface area contributed by atoms with Gasteiger partial charge in [0.05, 0.1) is 4.92 Å². The Morgan fingerprint density at radius 2 is 1.85 bits per heavy atom. The number of rotatable bonds is 6. The van der Waals surface area contributed by atoms with E-state index in [1.54, 1.807) is 13.8 Å². The fourth-order valence-electron chi connectivity index (χ4n) is 2.30. The maximum Gasteiger partial charge on any atom is 0.270 e. The third kappa shape index (κ3) is 4.85. The topological polar surface area (TPSA) is 92.6 Å². The molecule has 8 heteroatoms. The third-order valence-electron chi connectivity index (χ3n) is 3.63. The monoisotopic (exact) mass is 359 g/mol. The summed E-state index contributed by atoms with van der Waals surface area (Å²) in [6.45, 7) is 3.23. The fourth-order valence-corrected chi connectivity index (χ4v) is 2.30. The summed E-state index contributed by atoms with van der Waals surface area (Å²) in [5.41, 5.74) is 0.334. The highest BCUT2D eigenvalue weighted by atomic mass is 19.1. The van der Waals surface area contributed by atoms with Gasteiger partial charge < -0.3 is 10.2 Å². The molecule has 0 aliphatic carbocycles. The molecular weight excluding hydrogens is 341 g/mol. The third-order valence-corrected chi connectivity index (χ3v) is 3.63. The van der Waals surface area contributed by atoms with E-state index in [4.69, 9.17) is 0 Å². The van der Waals surface area contributed by atoms with Crippen LogP contribution in [0.5, 0.6) is 0 Å².